The van der Waals surface area contributed by atoms with Crippen LogP contribution in [0.2, 0.25) is 0 Å². The number of nitrogens with zero attached hydrogens (tertiary/aromatic N) is 1. The molecule has 3 rings (SSSR count). The van der Waals surface area contributed by atoms with Crippen molar-refractivity contribution < 1.29 is 19.4 Å². The Balaban J connectivity index is 1.64. The number of aliphatic carboxylic acids is 1. The van der Waals surface area contributed by atoms with E-state index in [1.54, 1.807) is 6.92 Å². The third-order valence-electron chi connectivity index (χ3n) is 4.54. The normalized spacial score (nSPS) is 15.9. The molecule has 1 amide bonds. The van der Waals surface area contributed by atoms with Crippen LogP contribution in [0.3, 0.4) is 0 Å². The molecule has 1 aromatic carbocycles. The summed E-state index contributed by atoms with van der Waals surface area (Å²) in [5.41, 5.74) is 0.406. The number of thiazole rings is 1. The lowest BCUT2D eigenvalue weighted by molar-refractivity contribution is -0.147. The number of hydrogen-bond donors (Lipinski definition) is 2. The molecule has 6 nitrogen and oxygen atoms in total. The summed E-state index contributed by atoms with van der Waals surface area (Å²) in [5.74, 6) is -0.480. The van der Waals surface area contributed by atoms with Crippen LogP contribution in [-0.4, -0.2) is 34.1 Å². The van der Waals surface area contributed by atoms with E-state index in [-0.39, 0.29) is 18.2 Å². The number of carbonyl (C=O) groups is 2. The van der Waals surface area contributed by atoms with Crippen LogP contribution in [0.15, 0.2) is 29.6 Å². The first kappa shape index (κ1) is 18.4. The number of carboxylic acids is 1. The summed E-state index contributed by atoms with van der Waals surface area (Å²) in [4.78, 5) is 28.3. The Bertz CT molecular complexity index is 798. The van der Waals surface area contributed by atoms with Crippen molar-refractivity contribution in [3.63, 3.8) is 0 Å². The van der Waals surface area contributed by atoms with Gasteiger partial charge in [-0.2, -0.15) is 0 Å². The van der Waals surface area contributed by atoms with Crippen LogP contribution in [0.25, 0.3) is 10.6 Å². The van der Waals surface area contributed by atoms with Crippen molar-refractivity contribution in [3.05, 3.63) is 35.3 Å². The first-order chi connectivity index (χ1) is 12.4. The molecule has 0 saturated heterocycles. The summed E-state index contributed by atoms with van der Waals surface area (Å²) in [6.45, 7) is 4.13. The van der Waals surface area contributed by atoms with E-state index < -0.39 is 11.5 Å². The van der Waals surface area contributed by atoms with Gasteiger partial charge in [0.1, 0.15) is 16.3 Å². The summed E-state index contributed by atoms with van der Waals surface area (Å²) in [5, 5.41) is 14.8. The fraction of sp³-hybridized carbons (Fsp3) is 0.421. The molecule has 1 fully saturated rings. The zero-order valence-corrected chi connectivity index (χ0v) is 15.6. The van der Waals surface area contributed by atoms with Gasteiger partial charge in [-0.15, -0.1) is 11.3 Å². The van der Waals surface area contributed by atoms with E-state index in [0.29, 0.717) is 12.3 Å². The summed E-state index contributed by atoms with van der Waals surface area (Å²) in [6.07, 6.45) is 1.74. The Morgan fingerprint density at radius 3 is 2.62 bits per heavy atom. The number of carboxylic acid groups (broad SMARTS) is 1. The molecule has 26 heavy (non-hydrogen) atoms. The fourth-order valence-electron chi connectivity index (χ4n) is 2.87. The van der Waals surface area contributed by atoms with Crippen LogP contribution in [-0.2, 0) is 16.0 Å². The zero-order chi connectivity index (χ0) is 18.7. The second-order valence-corrected chi connectivity index (χ2v) is 7.47. The summed E-state index contributed by atoms with van der Waals surface area (Å²) < 4.78 is 5.43. The van der Waals surface area contributed by atoms with E-state index in [4.69, 9.17) is 4.74 Å². The number of benzene rings is 1. The molecule has 1 aliphatic rings. The molecule has 0 spiro atoms. The summed E-state index contributed by atoms with van der Waals surface area (Å²) >= 11 is 1.46. The van der Waals surface area contributed by atoms with E-state index in [9.17, 15) is 14.7 Å². The Hall–Kier alpha value is -2.41. The highest BCUT2D eigenvalue weighted by atomic mass is 32.1. The van der Waals surface area contributed by atoms with Crippen LogP contribution >= 0.6 is 11.3 Å². The van der Waals surface area contributed by atoms with Gasteiger partial charge in [0.05, 0.1) is 18.7 Å². The highest BCUT2D eigenvalue weighted by Crippen LogP contribution is 2.39. The second-order valence-electron chi connectivity index (χ2n) is 6.61. The molecule has 0 bridgehead atoms. The summed E-state index contributed by atoms with van der Waals surface area (Å²) in [7, 11) is 0. The Morgan fingerprint density at radius 2 is 2.04 bits per heavy atom. The van der Waals surface area contributed by atoms with E-state index in [2.05, 4.69) is 10.3 Å². The third kappa shape index (κ3) is 4.04. The SMILES string of the molecule is CCOc1ccc(-c2nc(CC(=O)NC(C)(C(=O)O)C3CC3)cs2)cc1. The molecule has 1 heterocycles. The average Bonchev–Trinajstić information content (AvgIpc) is 3.36. The Morgan fingerprint density at radius 1 is 1.35 bits per heavy atom. The van der Waals surface area contributed by atoms with Crippen molar-refractivity contribution >= 4 is 23.2 Å². The van der Waals surface area contributed by atoms with Gasteiger partial charge in [-0.25, -0.2) is 9.78 Å². The molecule has 7 heteroatoms. The number of carbonyl (C=O) groups excluding carboxylic acids is 1. The largest absolute Gasteiger partial charge is 0.494 e. The molecule has 138 valence electrons. The van der Waals surface area contributed by atoms with Gasteiger partial charge in [0.25, 0.3) is 0 Å². The Kier molecular flexibility index (Phi) is 5.27. The van der Waals surface area contributed by atoms with Gasteiger partial charge in [-0.05, 0) is 56.9 Å². The predicted molar refractivity (Wildman–Crippen MR) is 99.3 cm³/mol. The molecule has 0 aliphatic heterocycles. The van der Waals surface area contributed by atoms with Gasteiger partial charge in [0.15, 0.2) is 0 Å². The number of amides is 1. The number of aromatic nitrogens is 1. The maximum Gasteiger partial charge on any atom is 0.329 e. The van der Waals surface area contributed by atoms with Gasteiger partial charge < -0.3 is 15.2 Å². The summed E-state index contributed by atoms with van der Waals surface area (Å²) in [6, 6.07) is 7.64. The maximum atomic E-state index is 12.3. The van der Waals surface area contributed by atoms with E-state index in [0.717, 1.165) is 29.2 Å². The predicted octanol–water partition coefficient (Wildman–Crippen LogP) is 3.12. The minimum Gasteiger partial charge on any atom is -0.494 e. The van der Waals surface area contributed by atoms with Crippen LogP contribution in [0.4, 0.5) is 0 Å². The van der Waals surface area contributed by atoms with Crippen molar-refractivity contribution in [3.8, 4) is 16.3 Å². The van der Waals surface area contributed by atoms with Crippen LogP contribution in [0, 0.1) is 5.92 Å². The van der Waals surface area contributed by atoms with Gasteiger partial charge >= 0.3 is 5.97 Å². The minimum atomic E-state index is -1.19. The number of hydrogen-bond acceptors (Lipinski definition) is 5. The van der Waals surface area contributed by atoms with E-state index in [1.165, 1.54) is 11.3 Å². The lowest BCUT2D eigenvalue weighted by atomic mass is 9.95. The van der Waals surface area contributed by atoms with Crippen molar-refractivity contribution in [1.82, 2.24) is 10.3 Å². The van der Waals surface area contributed by atoms with Crippen molar-refractivity contribution in [1.29, 1.82) is 0 Å². The van der Waals surface area contributed by atoms with Gasteiger partial charge in [-0.3, -0.25) is 4.79 Å². The van der Waals surface area contributed by atoms with E-state index in [1.807, 2.05) is 36.6 Å². The smallest absolute Gasteiger partial charge is 0.329 e. The van der Waals surface area contributed by atoms with Crippen molar-refractivity contribution in [2.75, 3.05) is 6.61 Å². The molecule has 1 aromatic heterocycles. The first-order valence-electron chi connectivity index (χ1n) is 8.64. The van der Waals surface area contributed by atoms with Crippen LogP contribution < -0.4 is 10.1 Å². The third-order valence-corrected chi connectivity index (χ3v) is 5.48. The molecule has 1 atom stereocenters. The first-order valence-corrected chi connectivity index (χ1v) is 9.52. The maximum absolute atomic E-state index is 12.3. The number of nitrogens with one attached hydrogen (secondary N) is 1. The Labute approximate surface area is 156 Å². The van der Waals surface area contributed by atoms with Crippen LogP contribution in [0.1, 0.15) is 32.4 Å². The molecular weight excluding hydrogens is 352 g/mol. The molecular formula is C19H22N2O4S. The minimum absolute atomic E-state index is 0.0128. The van der Waals surface area contributed by atoms with Gasteiger partial charge in [0.2, 0.25) is 5.91 Å². The molecule has 1 saturated carbocycles. The fourth-order valence-corrected chi connectivity index (χ4v) is 3.70. The number of rotatable bonds is 8. The highest BCUT2D eigenvalue weighted by Gasteiger charge is 2.48. The van der Waals surface area contributed by atoms with Gasteiger partial charge in [-0.1, -0.05) is 0 Å². The quantitative estimate of drug-likeness (QED) is 0.741. The molecule has 0 radical (unpaired) electrons. The average molecular weight is 374 g/mol. The second kappa shape index (κ2) is 7.45. The number of ether oxygens (including phenoxy) is 1. The van der Waals surface area contributed by atoms with Crippen LogP contribution in [0.5, 0.6) is 5.75 Å². The highest BCUT2D eigenvalue weighted by molar-refractivity contribution is 7.13. The molecule has 1 unspecified atom stereocenters. The molecule has 2 aromatic rings. The van der Waals surface area contributed by atoms with Gasteiger partial charge in [0, 0.05) is 10.9 Å². The lowest BCUT2D eigenvalue weighted by Gasteiger charge is -2.25. The van der Waals surface area contributed by atoms with E-state index >= 15 is 0 Å². The van der Waals surface area contributed by atoms with Crippen molar-refractivity contribution in [2.45, 2.75) is 38.6 Å². The molecule has 2 N–H and O–H groups in total. The topological polar surface area (TPSA) is 88.5 Å². The lowest BCUT2D eigenvalue weighted by Crippen LogP contribution is -2.54. The molecule has 1 aliphatic carbocycles. The monoisotopic (exact) mass is 374 g/mol. The van der Waals surface area contributed by atoms with Crippen molar-refractivity contribution in [2.24, 2.45) is 5.92 Å². The standard InChI is InChI=1S/C19H22N2O4S/c1-3-25-15-8-4-12(5-9-15)17-20-14(11-26-17)10-16(22)21-19(2,18(23)24)13-6-7-13/h4-5,8-9,11,13H,3,6-7,10H2,1-2H3,(H,21,22)(H,23,24). The zero-order valence-electron chi connectivity index (χ0n) is 14.8.